The summed E-state index contributed by atoms with van der Waals surface area (Å²) >= 11 is 0. The zero-order valence-corrected chi connectivity index (χ0v) is 26.2. The van der Waals surface area contributed by atoms with Crippen LogP contribution in [0.5, 0.6) is 5.75 Å². The van der Waals surface area contributed by atoms with Gasteiger partial charge in [-0.15, -0.1) is 5.10 Å². The molecule has 0 aliphatic carbocycles. The van der Waals surface area contributed by atoms with E-state index in [-0.39, 0.29) is 42.6 Å². The predicted octanol–water partition coefficient (Wildman–Crippen LogP) is 4.00. The molecule has 2 aromatic heterocycles. The van der Waals surface area contributed by atoms with E-state index in [9.17, 15) is 41.4 Å². The highest BCUT2D eigenvalue weighted by Crippen LogP contribution is 2.31. The van der Waals surface area contributed by atoms with Crippen molar-refractivity contribution in [2.24, 2.45) is 0 Å². The molecular weight excluding hydrogens is 657 g/mol. The van der Waals surface area contributed by atoms with Gasteiger partial charge >= 0.3 is 6.18 Å². The topological polar surface area (TPSA) is 134 Å². The summed E-state index contributed by atoms with van der Waals surface area (Å²) in [5.74, 6) is -4.55. The molecule has 6 rings (SSSR count). The maximum Gasteiger partial charge on any atom is 0.416 e. The number of benzene rings is 2. The molecule has 0 bridgehead atoms. The van der Waals surface area contributed by atoms with Gasteiger partial charge in [0.2, 0.25) is 11.7 Å². The molecule has 0 radical (unpaired) electrons. The van der Waals surface area contributed by atoms with E-state index in [0.29, 0.717) is 31.4 Å². The van der Waals surface area contributed by atoms with E-state index in [1.54, 1.807) is 24.8 Å². The maximum absolute atomic E-state index is 14.5. The van der Waals surface area contributed by atoms with E-state index in [1.807, 2.05) is 0 Å². The molecule has 1 unspecified atom stereocenters. The number of fused-ring (bicyclic) bond motifs is 1. The first-order chi connectivity index (χ1) is 23.2. The second-order valence-corrected chi connectivity index (χ2v) is 11.7. The summed E-state index contributed by atoms with van der Waals surface area (Å²) in [5.41, 5.74) is -0.899. The van der Waals surface area contributed by atoms with Crippen LogP contribution in [0.25, 0.3) is 11.4 Å². The lowest BCUT2D eigenvalue weighted by Gasteiger charge is -2.41. The summed E-state index contributed by atoms with van der Waals surface area (Å²) in [6.45, 7) is 3.70. The Hall–Kier alpha value is -5.32. The van der Waals surface area contributed by atoms with Gasteiger partial charge in [-0.25, -0.2) is 8.78 Å². The van der Waals surface area contributed by atoms with Gasteiger partial charge in [-0.2, -0.15) is 22.7 Å². The summed E-state index contributed by atoms with van der Waals surface area (Å²) in [7, 11) is 0. The molecule has 12 nitrogen and oxygen atoms in total. The number of alkyl halides is 3. The lowest BCUT2D eigenvalue weighted by Crippen LogP contribution is -2.55. The Morgan fingerprint density at radius 3 is 2.45 bits per heavy atom. The molecule has 2 aromatic carbocycles. The lowest BCUT2D eigenvalue weighted by molar-refractivity contribution is -0.137. The summed E-state index contributed by atoms with van der Waals surface area (Å²) in [4.78, 5) is 48.1. The number of rotatable bonds is 6. The Labute approximate surface area is 275 Å². The minimum Gasteiger partial charge on any atom is -0.504 e. The first-order valence-corrected chi connectivity index (χ1v) is 15.2. The number of aromatic hydroxyl groups is 1. The van der Waals surface area contributed by atoms with Gasteiger partial charge in [0.25, 0.3) is 11.5 Å². The summed E-state index contributed by atoms with van der Waals surface area (Å²) in [6.07, 6.45) is -2.27. The van der Waals surface area contributed by atoms with Gasteiger partial charge < -0.3 is 29.5 Å². The average Bonchev–Trinajstić information content (AvgIpc) is 3.51. The molecule has 4 aromatic rings. The van der Waals surface area contributed by atoms with Crippen molar-refractivity contribution in [2.75, 3.05) is 43.1 Å². The van der Waals surface area contributed by atoms with Crippen LogP contribution < -0.4 is 15.8 Å². The number of nitrogens with zero attached hydrogens (tertiary/aromatic N) is 6. The molecule has 0 spiro atoms. The Balaban J connectivity index is 1.34. The van der Waals surface area contributed by atoms with E-state index in [1.165, 1.54) is 9.47 Å². The number of hydrogen-bond acceptors (Lipinski definition) is 8. The number of piperazine rings is 1. The smallest absolute Gasteiger partial charge is 0.416 e. The quantitative estimate of drug-likeness (QED) is 0.291. The lowest BCUT2D eigenvalue weighted by atomic mass is 10.1. The number of ether oxygens (including phenoxy) is 1. The van der Waals surface area contributed by atoms with Crippen LogP contribution >= 0.6 is 0 Å². The van der Waals surface area contributed by atoms with Crippen molar-refractivity contribution in [1.82, 2.24) is 24.1 Å². The number of nitrogens with one attached hydrogen (secondary N) is 1. The van der Waals surface area contributed by atoms with E-state index in [0.717, 1.165) is 40.4 Å². The van der Waals surface area contributed by atoms with Crippen molar-refractivity contribution < 1.29 is 41.4 Å². The third-order valence-corrected chi connectivity index (χ3v) is 8.52. The third kappa shape index (κ3) is 6.45. The van der Waals surface area contributed by atoms with E-state index in [4.69, 9.17) is 4.74 Å². The fraction of sp³-hybridized carbons (Fsp3) is 0.344. The van der Waals surface area contributed by atoms with Crippen LogP contribution in [0.15, 0.2) is 47.3 Å². The van der Waals surface area contributed by atoms with Crippen molar-refractivity contribution >= 4 is 34.5 Å². The van der Waals surface area contributed by atoms with Crippen LogP contribution in [0, 0.1) is 18.6 Å². The molecule has 2 amide bonds. The fourth-order valence-electron chi connectivity index (χ4n) is 6.00. The van der Waals surface area contributed by atoms with Gasteiger partial charge in [0, 0.05) is 37.1 Å². The van der Waals surface area contributed by atoms with Crippen molar-refractivity contribution in [3.63, 3.8) is 0 Å². The van der Waals surface area contributed by atoms with Crippen molar-refractivity contribution in [3.8, 4) is 5.75 Å². The number of anilines is 2. The average molecular weight is 688 g/mol. The van der Waals surface area contributed by atoms with Crippen molar-refractivity contribution in [1.29, 1.82) is 0 Å². The SMILES string of the molecule is Cc1c(N2CCN(C(=O)c3c(F)ccc(F)c3O)C(C)C2)c(=O)n2nc(C3=CCOCC3)nc2n1CC(=O)Nc1ccc(C(F)(F)F)cc1. The molecule has 17 heteroatoms. The third-order valence-electron chi connectivity index (χ3n) is 8.52. The number of carbonyl (C=O) groups is 2. The molecule has 1 fully saturated rings. The molecular formula is C32H30F5N7O5. The zero-order valence-electron chi connectivity index (χ0n) is 26.2. The molecule has 258 valence electrons. The molecule has 2 N–H and O–H groups in total. The highest BCUT2D eigenvalue weighted by Gasteiger charge is 2.35. The molecule has 1 saturated heterocycles. The molecule has 2 aliphatic rings. The van der Waals surface area contributed by atoms with E-state index in [2.05, 4.69) is 15.4 Å². The van der Waals surface area contributed by atoms with E-state index < -0.39 is 64.6 Å². The normalized spacial score (nSPS) is 17.0. The number of phenolic OH excluding ortho intramolecular Hbond substituents is 1. The van der Waals surface area contributed by atoms with Gasteiger partial charge in [-0.1, -0.05) is 6.08 Å². The monoisotopic (exact) mass is 687 g/mol. The van der Waals surface area contributed by atoms with Gasteiger partial charge in [0.05, 0.1) is 18.8 Å². The highest BCUT2D eigenvalue weighted by molar-refractivity contribution is 5.97. The summed E-state index contributed by atoms with van der Waals surface area (Å²) in [6, 6.07) is 4.77. The Morgan fingerprint density at radius 2 is 1.80 bits per heavy atom. The van der Waals surface area contributed by atoms with Crippen LogP contribution in [0.1, 0.15) is 40.8 Å². The zero-order chi connectivity index (χ0) is 35.2. The standard InChI is InChI=1S/C32H30F5N7O5/c1-17-15-41(11-12-42(17)29(47)25-22(33)7-8-23(34)27(25)46)26-18(2)43(16-24(45)38-21-5-3-20(4-6-21)32(35,36)37)31-39-28(40-44(31)30(26)48)19-9-13-49-14-10-19/h3-9,17,46H,10-16H2,1-2H3,(H,38,45). The number of carbonyl (C=O) groups excluding carboxylic acids is 2. The molecule has 4 heterocycles. The summed E-state index contributed by atoms with van der Waals surface area (Å²) in [5, 5.41) is 17.1. The van der Waals surface area contributed by atoms with Crippen molar-refractivity contribution in [3.05, 3.63) is 87.1 Å². The second-order valence-electron chi connectivity index (χ2n) is 11.7. The highest BCUT2D eigenvalue weighted by atomic mass is 19.4. The van der Waals surface area contributed by atoms with Crippen LogP contribution in [-0.4, -0.2) is 79.9 Å². The molecule has 49 heavy (non-hydrogen) atoms. The summed E-state index contributed by atoms with van der Waals surface area (Å²) < 4.78 is 75.5. The van der Waals surface area contributed by atoms with Crippen LogP contribution in [0.4, 0.5) is 33.3 Å². The first kappa shape index (κ1) is 33.6. The number of phenols is 1. The number of hydrogen-bond donors (Lipinski definition) is 2. The van der Waals surface area contributed by atoms with Gasteiger partial charge in [0.15, 0.2) is 17.4 Å². The largest absolute Gasteiger partial charge is 0.504 e. The van der Waals surface area contributed by atoms with E-state index >= 15 is 0 Å². The number of halogens is 5. The fourth-order valence-corrected chi connectivity index (χ4v) is 6.00. The maximum atomic E-state index is 14.5. The molecule has 0 saturated carbocycles. The van der Waals surface area contributed by atoms with Gasteiger partial charge in [-0.05, 0) is 62.2 Å². The first-order valence-electron chi connectivity index (χ1n) is 15.2. The van der Waals surface area contributed by atoms with Gasteiger partial charge in [-0.3, -0.25) is 14.4 Å². The predicted molar refractivity (Wildman–Crippen MR) is 166 cm³/mol. The molecule has 1 atom stereocenters. The minimum absolute atomic E-state index is 0.0315. The minimum atomic E-state index is -4.55. The molecule has 2 aliphatic heterocycles. The van der Waals surface area contributed by atoms with Crippen LogP contribution in [0.3, 0.4) is 0 Å². The van der Waals surface area contributed by atoms with Crippen LogP contribution in [0.2, 0.25) is 0 Å². The number of aromatic nitrogens is 4. The Bertz CT molecular complexity index is 2040. The van der Waals surface area contributed by atoms with Crippen molar-refractivity contribution in [2.45, 2.75) is 39.0 Å². The Morgan fingerprint density at radius 1 is 1.08 bits per heavy atom. The Kier molecular flexibility index (Phi) is 8.87. The van der Waals surface area contributed by atoms with Gasteiger partial charge in [0.1, 0.15) is 23.6 Å². The second kappa shape index (κ2) is 12.9. The number of amides is 2. The van der Waals surface area contributed by atoms with Crippen LogP contribution in [-0.2, 0) is 22.3 Å².